The number of carboxylic acid groups (broad SMARTS) is 1. The van der Waals surface area contributed by atoms with Crippen LogP contribution in [0.25, 0.3) is 0 Å². The number of amides is 1. The van der Waals surface area contributed by atoms with Crippen molar-refractivity contribution in [3.8, 4) is 0 Å². The second-order valence-corrected chi connectivity index (χ2v) is 7.67. The SMILES string of the molecule is CC(C)(C)OC(=O)N1CCCC(O)(C2(C(=O)O)CCNCC2)C1. The number of aliphatic carboxylic acids is 1. The lowest BCUT2D eigenvalue weighted by atomic mass is 9.63. The van der Waals surface area contributed by atoms with Crippen LogP contribution in [0.15, 0.2) is 0 Å². The van der Waals surface area contributed by atoms with Crippen molar-refractivity contribution >= 4 is 12.1 Å². The quantitative estimate of drug-likeness (QED) is 0.704. The number of piperidine rings is 2. The number of aliphatic hydroxyl groups is 1. The Bertz CT molecular complexity index is 468. The summed E-state index contributed by atoms with van der Waals surface area (Å²) in [7, 11) is 0. The van der Waals surface area contributed by atoms with Gasteiger partial charge in [0.15, 0.2) is 0 Å². The average Bonchev–Trinajstić information content (AvgIpc) is 2.46. The maximum Gasteiger partial charge on any atom is 0.410 e. The van der Waals surface area contributed by atoms with Crippen LogP contribution in [0.3, 0.4) is 0 Å². The van der Waals surface area contributed by atoms with E-state index in [2.05, 4.69) is 5.32 Å². The van der Waals surface area contributed by atoms with E-state index in [0.717, 1.165) is 0 Å². The van der Waals surface area contributed by atoms with Crippen molar-refractivity contribution in [2.45, 2.75) is 57.7 Å². The second-order valence-electron chi connectivity index (χ2n) is 7.67. The third kappa shape index (κ3) is 3.61. The smallest absolute Gasteiger partial charge is 0.410 e. The number of nitrogens with one attached hydrogen (secondary N) is 1. The van der Waals surface area contributed by atoms with Gasteiger partial charge in [-0.2, -0.15) is 0 Å². The summed E-state index contributed by atoms with van der Waals surface area (Å²) >= 11 is 0. The van der Waals surface area contributed by atoms with E-state index < -0.39 is 28.7 Å². The molecule has 0 saturated carbocycles. The van der Waals surface area contributed by atoms with E-state index >= 15 is 0 Å². The monoisotopic (exact) mass is 328 g/mol. The zero-order valence-corrected chi connectivity index (χ0v) is 14.2. The molecule has 0 radical (unpaired) electrons. The van der Waals surface area contributed by atoms with Crippen LogP contribution >= 0.6 is 0 Å². The van der Waals surface area contributed by atoms with Gasteiger partial charge in [-0.3, -0.25) is 4.79 Å². The van der Waals surface area contributed by atoms with Crippen LogP contribution < -0.4 is 5.32 Å². The molecule has 0 aromatic rings. The molecule has 2 rings (SSSR count). The summed E-state index contributed by atoms with van der Waals surface area (Å²) in [5.74, 6) is -0.979. The summed E-state index contributed by atoms with van der Waals surface area (Å²) in [4.78, 5) is 25.7. The van der Waals surface area contributed by atoms with Gasteiger partial charge in [0.05, 0.1) is 12.1 Å². The van der Waals surface area contributed by atoms with Gasteiger partial charge in [0.1, 0.15) is 11.0 Å². The molecule has 0 bridgehead atoms. The first-order chi connectivity index (χ1) is 10.6. The molecule has 1 amide bonds. The Kier molecular flexibility index (Phi) is 4.92. The van der Waals surface area contributed by atoms with E-state index in [4.69, 9.17) is 4.74 Å². The zero-order chi connectivity index (χ0) is 17.3. The number of ether oxygens (including phenoxy) is 1. The Labute approximate surface area is 137 Å². The van der Waals surface area contributed by atoms with Gasteiger partial charge in [0.25, 0.3) is 0 Å². The largest absolute Gasteiger partial charge is 0.481 e. The minimum atomic E-state index is -1.42. The predicted molar refractivity (Wildman–Crippen MR) is 84.2 cm³/mol. The van der Waals surface area contributed by atoms with Gasteiger partial charge in [0.2, 0.25) is 0 Å². The fourth-order valence-corrected chi connectivity index (χ4v) is 3.64. The van der Waals surface area contributed by atoms with E-state index in [1.165, 1.54) is 4.90 Å². The van der Waals surface area contributed by atoms with Crippen LogP contribution in [0.4, 0.5) is 4.79 Å². The highest BCUT2D eigenvalue weighted by molar-refractivity contribution is 5.77. The van der Waals surface area contributed by atoms with Gasteiger partial charge in [-0.15, -0.1) is 0 Å². The van der Waals surface area contributed by atoms with Crippen LogP contribution in [0, 0.1) is 5.41 Å². The highest BCUT2D eigenvalue weighted by Gasteiger charge is 2.58. The van der Waals surface area contributed by atoms with Gasteiger partial charge in [0, 0.05) is 6.54 Å². The lowest BCUT2D eigenvalue weighted by Crippen LogP contribution is -2.64. The number of likely N-dealkylation sites (tertiary alicyclic amines) is 1. The molecule has 23 heavy (non-hydrogen) atoms. The van der Waals surface area contributed by atoms with Crippen molar-refractivity contribution in [3.63, 3.8) is 0 Å². The van der Waals surface area contributed by atoms with Crippen molar-refractivity contribution in [3.05, 3.63) is 0 Å². The molecular weight excluding hydrogens is 300 g/mol. The number of β-amino-alcohol motifs (C(OH)–C–C–N with tert-alkyl or cyclic N) is 1. The highest BCUT2D eigenvalue weighted by atomic mass is 16.6. The first kappa shape index (κ1) is 18.0. The van der Waals surface area contributed by atoms with Crippen molar-refractivity contribution in [2.75, 3.05) is 26.2 Å². The highest BCUT2D eigenvalue weighted by Crippen LogP contribution is 2.45. The molecule has 1 atom stereocenters. The maximum atomic E-state index is 12.3. The standard InChI is InChI=1S/C16H28N2O5/c1-14(2,3)23-13(21)18-10-4-5-16(22,11-18)15(12(19)20)6-8-17-9-7-15/h17,22H,4-11H2,1-3H3,(H,19,20). The normalized spacial score (nSPS) is 28.3. The summed E-state index contributed by atoms with van der Waals surface area (Å²) in [6, 6.07) is 0. The fraction of sp³-hybridized carbons (Fsp3) is 0.875. The Morgan fingerprint density at radius 1 is 1.17 bits per heavy atom. The summed E-state index contributed by atoms with van der Waals surface area (Å²) in [6.07, 6.45) is 1.18. The lowest BCUT2D eigenvalue weighted by Gasteiger charge is -2.50. The molecule has 0 aromatic carbocycles. The number of carbonyl (C=O) groups is 2. The van der Waals surface area contributed by atoms with Gasteiger partial charge in [-0.05, 0) is 59.5 Å². The number of carbonyl (C=O) groups excluding carboxylic acids is 1. The Morgan fingerprint density at radius 2 is 1.78 bits per heavy atom. The fourth-order valence-electron chi connectivity index (χ4n) is 3.64. The van der Waals surface area contributed by atoms with Crippen LogP contribution in [0.2, 0.25) is 0 Å². The Hall–Kier alpha value is -1.34. The maximum absolute atomic E-state index is 12.3. The minimum absolute atomic E-state index is 0.00815. The molecule has 2 aliphatic heterocycles. The first-order valence-electron chi connectivity index (χ1n) is 8.24. The summed E-state index contributed by atoms with van der Waals surface area (Å²) in [5, 5.41) is 24.1. The van der Waals surface area contributed by atoms with Gasteiger partial charge >= 0.3 is 12.1 Å². The lowest BCUT2D eigenvalue weighted by molar-refractivity contribution is -0.183. The predicted octanol–water partition coefficient (Wildman–Crippen LogP) is 1.20. The molecule has 7 nitrogen and oxygen atoms in total. The Balaban J connectivity index is 2.20. The molecule has 7 heteroatoms. The van der Waals surface area contributed by atoms with Crippen LogP contribution in [-0.4, -0.2) is 64.6 Å². The van der Waals surface area contributed by atoms with E-state index in [9.17, 15) is 19.8 Å². The Morgan fingerprint density at radius 3 is 2.30 bits per heavy atom. The van der Waals surface area contributed by atoms with Crippen LogP contribution in [0.5, 0.6) is 0 Å². The molecule has 0 aromatic heterocycles. The average molecular weight is 328 g/mol. The second kappa shape index (κ2) is 6.28. The first-order valence-corrected chi connectivity index (χ1v) is 8.24. The van der Waals surface area contributed by atoms with Crippen LogP contribution in [0.1, 0.15) is 46.5 Å². The number of hydrogen-bond donors (Lipinski definition) is 3. The molecular formula is C16H28N2O5. The molecule has 3 N–H and O–H groups in total. The summed E-state index contributed by atoms with van der Waals surface area (Å²) < 4.78 is 5.37. The minimum Gasteiger partial charge on any atom is -0.481 e. The molecule has 0 aliphatic carbocycles. The van der Waals surface area contributed by atoms with Gasteiger partial charge in [-0.25, -0.2) is 4.79 Å². The zero-order valence-electron chi connectivity index (χ0n) is 14.2. The van der Waals surface area contributed by atoms with Crippen molar-refractivity contribution in [1.82, 2.24) is 10.2 Å². The summed E-state index contributed by atoms with van der Waals surface area (Å²) in [6.45, 7) is 6.95. The number of nitrogens with zero attached hydrogens (tertiary/aromatic N) is 1. The summed E-state index contributed by atoms with van der Waals surface area (Å²) in [5.41, 5.74) is -3.25. The topological polar surface area (TPSA) is 99.1 Å². The number of carboxylic acids is 1. The molecule has 2 saturated heterocycles. The van der Waals surface area contributed by atoms with E-state index in [0.29, 0.717) is 45.3 Å². The molecule has 2 aliphatic rings. The van der Waals surface area contributed by atoms with Gasteiger partial charge in [-0.1, -0.05) is 0 Å². The number of hydrogen-bond acceptors (Lipinski definition) is 5. The van der Waals surface area contributed by atoms with Crippen molar-refractivity contribution in [1.29, 1.82) is 0 Å². The molecule has 2 heterocycles. The third-order valence-electron chi connectivity index (χ3n) is 4.88. The van der Waals surface area contributed by atoms with Crippen LogP contribution in [-0.2, 0) is 9.53 Å². The molecule has 1 unspecified atom stereocenters. The molecule has 2 fully saturated rings. The van der Waals surface area contributed by atoms with E-state index in [-0.39, 0.29) is 6.54 Å². The van der Waals surface area contributed by atoms with Crippen molar-refractivity contribution < 1.29 is 24.5 Å². The van der Waals surface area contributed by atoms with E-state index in [1.807, 2.05) is 0 Å². The van der Waals surface area contributed by atoms with Gasteiger partial charge < -0.3 is 25.2 Å². The van der Waals surface area contributed by atoms with E-state index in [1.54, 1.807) is 20.8 Å². The van der Waals surface area contributed by atoms with Crippen molar-refractivity contribution in [2.24, 2.45) is 5.41 Å². The molecule has 132 valence electrons. The third-order valence-corrected chi connectivity index (χ3v) is 4.88. The molecule has 0 spiro atoms. The number of rotatable bonds is 2.